The van der Waals surface area contributed by atoms with Crippen molar-refractivity contribution in [1.29, 1.82) is 0 Å². The smallest absolute Gasteiger partial charge is 0.323 e. The first kappa shape index (κ1) is 17.1. The second-order valence-corrected chi connectivity index (χ2v) is 4.68. The Morgan fingerprint density at radius 2 is 1.78 bits per heavy atom. The molecule has 0 aliphatic rings. The van der Waals surface area contributed by atoms with Gasteiger partial charge < -0.3 is 15.9 Å². The molecule has 106 valence electrons. The van der Waals surface area contributed by atoms with E-state index < -0.39 is 18.1 Å². The fourth-order valence-corrected chi connectivity index (χ4v) is 1.71. The number of carboxylic acid groups (broad SMARTS) is 1. The summed E-state index contributed by atoms with van der Waals surface area (Å²) in [6, 6.07) is -1.17. The average molecular weight is 257 g/mol. The lowest BCUT2D eigenvalue weighted by Crippen LogP contribution is -2.41. The van der Waals surface area contributed by atoms with Gasteiger partial charge in [-0.1, -0.05) is 44.8 Å². The number of carbonyl (C=O) groups is 1. The van der Waals surface area contributed by atoms with Crippen molar-refractivity contribution in [2.45, 2.75) is 70.4 Å². The largest absolute Gasteiger partial charge is 0.480 e. The molecule has 0 radical (unpaired) electrons. The van der Waals surface area contributed by atoms with E-state index in [-0.39, 0.29) is 0 Å². The molecule has 0 heterocycles. The van der Waals surface area contributed by atoms with Crippen molar-refractivity contribution in [1.82, 2.24) is 0 Å². The average Bonchev–Trinajstić information content (AvgIpc) is 2.35. The maximum absolute atomic E-state index is 10.5. The SMILES string of the molecule is CCCCCCCC=CCC[C@H](O)[C@H](N)C(=O)O. The van der Waals surface area contributed by atoms with Crippen molar-refractivity contribution < 1.29 is 15.0 Å². The molecule has 0 aliphatic heterocycles. The molecule has 0 aromatic carbocycles. The third kappa shape index (κ3) is 9.19. The minimum atomic E-state index is -1.17. The first-order valence-electron chi connectivity index (χ1n) is 6.91. The van der Waals surface area contributed by atoms with Gasteiger partial charge in [-0.2, -0.15) is 0 Å². The molecule has 0 unspecified atom stereocenters. The third-order valence-electron chi connectivity index (χ3n) is 2.97. The van der Waals surface area contributed by atoms with Crippen LogP contribution in [-0.4, -0.2) is 28.3 Å². The Labute approximate surface area is 110 Å². The highest BCUT2D eigenvalue weighted by Crippen LogP contribution is 2.07. The highest BCUT2D eigenvalue weighted by Gasteiger charge is 2.20. The van der Waals surface area contributed by atoms with Crippen LogP contribution in [0.1, 0.15) is 58.3 Å². The van der Waals surface area contributed by atoms with E-state index in [0.717, 1.165) is 6.42 Å². The van der Waals surface area contributed by atoms with Crippen LogP contribution in [0, 0.1) is 0 Å². The maximum Gasteiger partial charge on any atom is 0.323 e. The Bertz CT molecular complexity index is 241. The number of unbranched alkanes of at least 4 members (excludes halogenated alkanes) is 5. The van der Waals surface area contributed by atoms with Crippen LogP contribution in [0.4, 0.5) is 0 Å². The molecule has 2 atom stereocenters. The minimum absolute atomic E-state index is 0.403. The van der Waals surface area contributed by atoms with Crippen LogP contribution < -0.4 is 5.73 Å². The molecule has 0 aliphatic carbocycles. The van der Waals surface area contributed by atoms with Crippen molar-refractivity contribution in [3.05, 3.63) is 12.2 Å². The summed E-state index contributed by atoms with van der Waals surface area (Å²) in [5.41, 5.74) is 5.30. The number of aliphatic hydroxyl groups excluding tert-OH is 1. The van der Waals surface area contributed by atoms with Crippen LogP contribution in [0.2, 0.25) is 0 Å². The van der Waals surface area contributed by atoms with Crippen LogP contribution in [0.5, 0.6) is 0 Å². The number of aliphatic hydroxyl groups is 1. The van der Waals surface area contributed by atoms with E-state index in [2.05, 4.69) is 13.0 Å². The van der Waals surface area contributed by atoms with Gasteiger partial charge in [0.2, 0.25) is 0 Å². The van der Waals surface area contributed by atoms with E-state index in [1.54, 1.807) is 0 Å². The Balaban J connectivity index is 3.45. The first-order chi connectivity index (χ1) is 8.59. The molecule has 0 saturated heterocycles. The van der Waals surface area contributed by atoms with Gasteiger partial charge >= 0.3 is 5.97 Å². The van der Waals surface area contributed by atoms with E-state index in [1.807, 2.05) is 6.08 Å². The van der Waals surface area contributed by atoms with E-state index in [1.165, 1.54) is 32.1 Å². The Kier molecular flexibility index (Phi) is 10.7. The van der Waals surface area contributed by atoms with Gasteiger partial charge in [-0.15, -0.1) is 0 Å². The fourth-order valence-electron chi connectivity index (χ4n) is 1.71. The minimum Gasteiger partial charge on any atom is -0.480 e. The molecule has 0 spiro atoms. The lowest BCUT2D eigenvalue weighted by molar-refractivity contribution is -0.141. The molecule has 4 nitrogen and oxygen atoms in total. The summed E-state index contributed by atoms with van der Waals surface area (Å²) in [7, 11) is 0. The van der Waals surface area contributed by atoms with Gasteiger partial charge in [-0.25, -0.2) is 0 Å². The summed E-state index contributed by atoms with van der Waals surface area (Å²) in [6.07, 6.45) is 11.6. The maximum atomic E-state index is 10.5. The Morgan fingerprint density at radius 3 is 2.39 bits per heavy atom. The summed E-state index contributed by atoms with van der Waals surface area (Å²) in [6.45, 7) is 2.20. The van der Waals surface area contributed by atoms with Gasteiger partial charge in [0.05, 0.1) is 6.10 Å². The summed E-state index contributed by atoms with van der Waals surface area (Å²) in [5, 5.41) is 18.0. The van der Waals surface area contributed by atoms with Crippen LogP contribution in [0.3, 0.4) is 0 Å². The third-order valence-corrected chi connectivity index (χ3v) is 2.97. The monoisotopic (exact) mass is 257 g/mol. The van der Waals surface area contributed by atoms with Gasteiger partial charge in [-0.3, -0.25) is 4.79 Å². The van der Waals surface area contributed by atoms with E-state index >= 15 is 0 Å². The molecule has 0 bridgehead atoms. The number of hydrogen-bond donors (Lipinski definition) is 3. The second-order valence-electron chi connectivity index (χ2n) is 4.68. The zero-order valence-corrected chi connectivity index (χ0v) is 11.3. The topological polar surface area (TPSA) is 83.5 Å². The zero-order valence-electron chi connectivity index (χ0n) is 11.3. The Hall–Kier alpha value is -0.870. The predicted octanol–water partition coefficient (Wildman–Crippen LogP) is 2.46. The van der Waals surface area contributed by atoms with Crippen LogP contribution >= 0.6 is 0 Å². The Morgan fingerprint density at radius 1 is 1.17 bits per heavy atom. The van der Waals surface area contributed by atoms with Gasteiger partial charge in [0.25, 0.3) is 0 Å². The lowest BCUT2D eigenvalue weighted by Gasteiger charge is -2.13. The van der Waals surface area contributed by atoms with Crippen molar-refractivity contribution in [2.24, 2.45) is 5.73 Å². The van der Waals surface area contributed by atoms with Crippen molar-refractivity contribution >= 4 is 5.97 Å². The molecule has 0 saturated carbocycles. The number of nitrogens with two attached hydrogens (primary N) is 1. The summed E-state index contributed by atoms with van der Waals surface area (Å²) in [5.74, 6) is -1.15. The van der Waals surface area contributed by atoms with Crippen molar-refractivity contribution in [3.63, 3.8) is 0 Å². The first-order valence-corrected chi connectivity index (χ1v) is 6.91. The van der Waals surface area contributed by atoms with Crippen LogP contribution in [-0.2, 0) is 4.79 Å². The summed E-state index contributed by atoms with van der Waals surface area (Å²) < 4.78 is 0. The summed E-state index contributed by atoms with van der Waals surface area (Å²) in [4.78, 5) is 10.5. The molecule has 4 N–H and O–H groups in total. The zero-order chi connectivity index (χ0) is 13.8. The van der Waals surface area contributed by atoms with Gasteiger partial charge in [-0.05, 0) is 25.7 Å². The van der Waals surface area contributed by atoms with Gasteiger partial charge in [0.15, 0.2) is 0 Å². The van der Waals surface area contributed by atoms with Crippen LogP contribution in [0.25, 0.3) is 0 Å². The van der Waals surface area contributed by atoms with Crippen molar-refractivity contribution in [3.8, 4) is 0 Å². The highest BCUT2D eigenvalue weighted by molar-refractivity contribution is 5.73. The molecular weight excluding hydrogens is 230 g/mol. The molecule has 0 aromatic heterocycles. The molecule has 0 amide bonds. The van der Waals surface area contributed by atoms with E-state index in [4.69, 9.17) is 10.8 Å². The predicted molar refractivity (Wildman–Crippen MR) is 73.4 cm³/mol. The molecule has 0 rings (SSSR count). The molecule has 4 heteroatoms. The van der Waals surface area contributed by atoms with Crippen molar-refractivity contribution in [2.75, 3.05) is 0 Å². The van der Waals surface area contributed by atoms with Crippen LogP contribution in [0.15, 0.2) is 12.2 Å². The fraction of sp³-hybridized carbons (Fsp3) is 0.786. The number of rotatable bonds is 11. The number of hydrogen-bond acceptors (Lipinski definition) is 3. The second kappa shape index (κ2) is 11.2. The van der Waals surface area contributed by atoms with Gasteiger partial charge in [0.1, 0.15) is 6.04 Å². The molecule has 0 aromatic rings. The highest BCUT2D eigenvalue weighted by atomic mass is 16.4. The number of aliphatic carboxylic acids is 1. The number of carboxylic acids is 1. The normalized spacial score (nSPS) is 14.8. The molecule has 18 heavy (non-hydrogen) atoms. The van der Waals surface area contributed by atoms with Gasteiger partial charge in [0, 0.05) is 0 Å². The number of allylic oxidation sites excluding steroid dienone is 2. The standard InChI is InChI=1S/C14H27NO3/c1-2-3-4-5-6-7-8-9-10-11-12(16)13(15)14(17)18/h8-9,12-13,16H,2-7,10-11,15H2,1H3,(H,17,18)/t12-,13-/m0/s1. The molecular formula is C14H27NO3. The lowest BCUT2D eigenvalue weighted by atomic mass is 10.1. The molecule has 0 fully saturated rings. The van der Waals surface area contributed by atoms with E-state index in [9.17, 15) is 9.90 Å². The summed E-state index contributed by atoms with van der Waals surface area (Å²) >= 11 is 0. The quantitative estimate of drug-likeness (QED) is 0.392. The van der Waals surface area contributed by atoms with E-state index in [0.29, 0.717) is 12.8 Å².